The first kappa shape index (κ1) is 13.6. The lowest BCUT2D eigenvalue weighted by atomic mass is 9.77. The van der Waals surface area contributed by atoms with Crippen molar-refractivity contribution >= 4 is 23.2 Å². The second-order valence-corrected chi connectivity index (χ2v) is 7.53. The third-order valence-electron chi connectivity index (χ3n) is 4.58. The molecule has 3 rings (SSSR count). The van der Waals surface area contributed by atoms with Crippen LogP contribution in [-0.4, -0.2) is 36.3 Å². The predicted octanol–water partition coefficient (Wildman–Crippen LogP) is 2.11. The molecule has 0 aliphatic carbocycles. The molecule has 0 aromatic carbocycles. The van der Waals surface area contributed by atoms with Crippen molar-refractivity contribution in [3.63, 3.8) is 0 Å². The summed E-state index contributed by atoms with van der Waals surface area (Å²) in [4.78, 5) is 28.2. The van der Waals surface area contributed by atoms with Gasteiger partial charge in [-0.3, -0.25) is 9.59 Å². The Kier molecular flexibility index (Phi) is 3.32. The van der Waals surface area contributed by atoms with Gasteiger partial charge in [0, 0.05) is 35.8 Å². The van der Waals surface area contributed by atoms with E-state index in [-0.39, 0.29) is 17.2 Å². The number of carbonyl (C=O) groups is 2. The van der Waals surface area contributed by atoms with Gasteiger partial charge in [-0.1, -0.05) is 0 Å². The molecule has 0 bridgehead atoms. The van der Waals surface area contributed by atoms with Gasteiger partial charge in [-0.25, -0.2) is 0 Å². The summed E-state index contributed by atoms with van der Waals surface area (Å²) >= 11 is 1.68. The third-order valence-corrected chi connectivity index (χ3v) is 5.54. The van der Waals surface area contributed by atoms with E-state index < -0.39 is 0 Å². The van der Waals surface area contributed by atoms with E-state index in [4.69, 9.17) is 0 Å². The number of nitrogens with one attached hydrogen (secondary N) is 1. The smallest absolute Gasteiger partial charge is 0.254 e. The monoisotopic (exact) mass is 292 g/mol. The highest BCUT2D eigenvalue weighted by Crippen LogP contribution is 2.38. The van der Waals surface area contributed by atoms with Crippen LogP contribution in [0.15, 0.2) is 6.07 Å². The Bertz CT molecular complexity index is 556. The molecule has 1 spiro atoms. The predicted molar refractivity (Wildman–Crippen MR) is 79.0 cm³/mol. The zero-order valence-corrected chi connectivity index (χ0v) is 12.8. The Balaban J connectivity index is 1.68. The van der Waals surface area contributed by atoms with Crippen LogP contribution in [0.2, 0.25) is 0 Å². The number of nitrogens with zero attached hydrogens (tertiary/aromatic N) is 1. The molecular weight excluding hydrogens is 272 g/mol. The number of hydrogen-bond acceptors (Lipinski definition) is 3. The maximum absolute atomic E-state index is 12.6. The summed E-state index contributed by atoms with van der Waals surface area (Å²) in [7, 11) is 0. The summed E-state index contributed by atoms with van der Waals surface area (Å²) in [5.74, 6) is 0.313. The van der Waals surface area contributed by atoms with Crippen LogP contribution < -0.4 is 5.32 Å². The summed E-state index contributed by atoms with van der Waals surface area (Å²) in [6, 6.07) is 1.99. The summed E-state index contributed by atoms with van der Waals surface area (Å²) in [6.45, 7) is 6.36. The van der Waals surface area contributed by atoms with Crippen LogP contribution in [0.25, 0.3) is 0 Å². The number of hydrogen-bond donors (Lipinski definition) is 1. The van der Waals surface area contributed by atoms with Crippen LogP contribution in [0.5, 0.6) is 0 Å². The molecule has 0 saturated carbocycles. The number of likely N-dealkylation sites (tertiary alicyclic amines) is 1. The second-order valence-electron chi connectivity index (χ2n) is 6.07. The number of carbonyl (C=O) groups excluding carboxylic acids is 2. The molecule has 1 aromatic rings. The van der Waals surface area contributed by atoms with E-state index in [0.717, 1.165) is 42.9 Å². The Morgan fingerprint density at radius 3 is 2.55 bits per heavy atom. The molecule has 2 saturated heterocycles. The van der Waals surface area contributed by atoms with E-state index in [1.54, 1.807) is 11.3 Å². The van der Waals surface area contributed by atoms with Gasteiger partial charge in [0.05, 0.1) is 5.56 Å². The Hall–Kier alpha value is -1.36. The first-order valence-corrected chi connectivity index (χ1v) is 7.94. The maximum Gasteiger partial charge on any atom is 0.254 e. The molecule has 0 atom stereocenters. The van der Waals surface area contributed by atoms with Crippen molar-refractivity contribution in [3.8, 4) is 0 Å². The minimum Gasteiger partial charge on any atom is -0.356 e. The van der Waals surface area contributed by atoms with Crippen molar-refractivity contribution in [2.24, 2.45) is 5.41 Å². The van der Waals surface area contributed by atoms with Gasteiger partial charge in [0.1, 0.15) is 0 Å². The molecule has 1 aromatic heterocycles. The molecule has 5 heteroatoms. The lowest BCUT2D eigenvalue weighted by Gasteiger charge is -2.38. The van der Waals surface area contributed by atoms with Gasteiger partial charge in [0.2, 0.25) is 5.91 Å². The van der Waals surface area contributed by atoms with Gasteiger partial charge < -0.3 is 10.2 Å². The fourth-order valence-corrected chi connectivity index (χ4v) is 4.22. The van der Waals surface area contributed by atoms with Crippen molar-refractivity contribution in [2.45, 2.75) is 33.1 Å². The summed E-state index contributed by atoms with van der Waals surface area (Å²) in [6.07, 6.45) is 2.49. The first-order chi connectivity index (χ1) is 9.49. The van der Waals surface area contributed by atoms with Crippen molar-refractivity contribution in [2.75, 3.05) is 19.6 Å². The average molecular weight is 292 g/mol. The zero-order valence-electron chi connectivity index (χ0n) is 12.0. The van der Waals surface area contributed by atoms with Crippen molar-refractivity contribution in [3.05, 3.63) is 21.4 Å². The van der Waals surface area contributed by atoms with Gasteiger partial charge in [0.15, 0.2) is 0 Å². The Morgan fingerprint density at radius 1 is 1.35 bits per heavy atom. The molecule has 4 nitrogen and oxygen atoms in total. The average Bonchev–Trinajstić information content (AvgIpc) is 2.93. The molecule has 108 valence electrons. The normalized spacial score (nSPS) is 21.3. The highest BCUT2D eigenvalue weighted by molar-refractivity contribution is 7.12. The van der Waals surface area contributed by atoms with Crippen molar-refractivity contribution in [1.82, 2.24) is 10.2 Å². The minimum atomic E-state index is 0.105. The number of thiophene rings is 1. The summed E-state index contributed by atoms with van der Waals surface area (Å²) in [5.41, 5.74) is 0.956. The van der Waals surface area contributed by atoms with Crippen LogP contribution in [0, 0.1) is 19.3 Å². The number of rotatable bonds is 1. The van der Waals surface area contributed by atoms with E-state index in [1.165, 1.54) is 4.88 Å². The lowest BCUT2D eigenvalue weighted by Crippen LogP contribution is -2.44. The molecule has 2 amide bonds. The molecule has 20 heavy (non-hydrogen) atoms. The Labute approximate surface area is 123 Å². The first-order valence-electron chi connectivity index (χ1n) is 7.12. The maximum atomic E-state index is 12.6. The topological polar surface area (TPSA) is 49.4 Å². The largest absolute Gasteiger partial charge is 0.356 e. The fourth-order valence-electron chi connectivity index (χ4n) is 3.30. The standard InChI is InChI=1S/C15H20N2O2S/c1-10-7-12(11(2)20-10)14(19)17-5-3-15(4-6-17)8-13(18)16-9-15/h7H,3-6,8-9H2,1-2H3,(H,16,18). The molecule has 2 fully saturated rings. The van der Waals surface area contributed by atoms with Gasteiger partial charge in [-0.2, -0.15) is 0 Å². The quantitative estimate of drug-likeness (QED) is 0.862. The van der Waals surface area contributed by atoms with Crippen molar-refractivity contribution < 1.29 is 9.59 Å². The minimum absolute atomic E-state index is 0.105. The van der Waals surface area contributed by atoms with Crippen LogP contribution in [0.4, 0.5) is 0 Å². The molecule has 2 aliphatic rings. The van der Waals surface area contributed by atoms with E-state index >= 15 is 0 Å². The highest BCUT2D eigenvalue weighted by atomic mass is 32.1. The highest BCUT2D eigenvalue weighted by Gasteiger charge is 2.41. The van der Waals surface area contributed by atoms with Crippen molar-refractivity contribution in [1.29, 1.82) is 0 Å². The van der Waals surface area contributed by atoms with Crippen LogP contribution in [0.1, 0.15) is 39.4 Å². The second kappa shape index (κ2) is 4.88. The molecule has 0 unspecified atom stereocenters. The third kappa shape index (κ3) is 2.35. The van der Waals surface area contributed by atoms with E-state index in [0.29, 0.717) is 6.42 Å². The zero-order chi connectivity index (χ0) is 14.3. The van der Waals surface area contributed by atoms with Gasteiger partial charge in [-0.05, 0) is 38.2 Å². The van der Waals surface area contributed by atoms with Crippen LogP contribution >= 0.6 is 11.3 Å². The van der Waals surface area contributed by atoms with E-state index in [2.05, 4.69) is 5.32 Å². The van der Waals surface area contributed by atoms with E-state index in [1.807, 2.05) is 24.8 Å². The van der Waals surface area contributed by atoms with Gasteiger partial charge >= 0.3 is 0 Å². The number of amides is 2. The summed E-state index contributed by atoms with van der Waals surface area (Å²) < 4.78 is 0. The van der Waals surface area contributed by atoms with Crippen LogP contribution in [-0.2, 0) is 4.79 Å². The van der Waals surface area contributed by atoms with Gasteiger partial charge in [0.25, 0.3) is 5.91 Å². The number of aryl methyl sites for hydroxylation is 2. The van der Waals surface area contributed by atoms with Crippen LogP contribution in [0.3, 0.4) is 0 Å². The molecule has 0 radical (unpaired) electrons. The summed E-state index contributed by atoms with van der Waals surface area (Å²) in [5, 5.41) is 2.93. The molecule has 1 N–H and O–H groups in total. The Morgan fingerprint density at radius 2 is 2.05 bits per heavy atom. The molecule has 2 aliphatic heterocycles. The number of piperidine rings is 1. The lowest BCUT2D eigenvalue weighted by molar-refractivity contribution is -0.119. The van der Waals surface area contributed by atoms with E-state index in [9.17, 15) is 9.59 Å². The SMILES string of the molecule is Cc1cc(C(=O)N2CCC3(CC2)CNC(=O)C3)c(C)s1. The molecular formula is C15H20N2O2S. The van der Waals surface area contributed by atoms with Gasteiger partial charge in [-0.15, -0.1) is 11.3 Å². The fraction of sp³-hybridized carbons (Fsp3) is 0.600. The molecule has 3 heterocycles.